The van der Waals surface area contributed by atoms with E-state index in [0.717, 1.165) is 22.7 Å². The van der Waals surface area contributed by atoms with Crippen molar-refractivity contribution in [1.82, 2.24) is 14.1 Å². The van der Waals surface area contributed by atoms with Crippen LogP contribution in [0, 0.1) is 0 Å². The quantitative estimate of drug-likeness (QED) is 0.258. The van der Waals surface area contributed by atoms with Crippen molar-refractivity contribution in [2.75, 3.05) is 0 Å². The van der Waals surface area contributed by atoms with Gasteiger partial charge in [-0.15, -0.1) is 0 Å². The first-order valence-corrected chi connectivity index (χ1v) is 12.2. The summed E-state index contributed by atoms with van der Waals surface area (Å²) in [6.45, 7) is 0. The standard InChI is InChI=1S/C33H23N3/c1-3-12-24(13-4-1)28-22-35(30-18-9-7-16-26(28)30)32-20-11-21-33(34-32)36-23-29(25-14-5-2-6-15-25)27-17-8-10-19-31(27)36/h1-23H. The van der Waals surface area contributed by atoms with Gasteiger partial charge in [-0.3, -0.25) is 0 Å². The lowest BCUT2D eigenvalue weighted by atomic mass is 10.1. The van der Waals surface area contributed by atoms with Gasteiger partial charge in [-0.05, 0) is 35.4 Å². The Morgan fingerprint density at radius 2 is 0.806 bits per heavy atom. The first-order chi connectivity index (χ1) is 17.9. The van der Waals surface area contributed by atoms with Gasteiger partial charge in [0.05, 0.1) is 11.0 Å². The van der Waals surface area contributed by atoms with Crippen LogP contribution in [-0.2, 0) is 0 Å². The van der Waals surface area contributed by atoms with E-state index >= 15 is 0 Å². The molecule has 0 unspecified atom stereocenters. The number of aromatic nitrogens is 3. The first-order valence-electron chi connectivity index (χ1n) is 12.2. The van der Waals surface area contributed by atoms with Gasteiger partial charge in [0.1, 0.15) is 11.6 Å². The van der Waals surface area contributed by atoms with Crippen molar-refractivity contribution < 1.29 is 0 Å². The number of nitrogens with zero attached hydrogens (tertiary/aromatic N) is 3. The Kier molecular flexibility index (Phi) is 4.78. The zero-order valence-corrected chi connectivity index (χ0v) is 19.6. The molecule has 3 nitrogen and oxygen atoms in total. The van der Waals surface area contributed by atoms with E-state index < -0.39 is 0 Å². The number of hydrogen-bond donors (Lipinski definition) is 0. The highest BCUT2D eigenvalue weighted by Crippen LogP contribution is 2.34. The van der Waals surface area contributed by atoms with Crippen molar-refractivity contribution in [2.24, 2.45) is 0 Å². The predicted octanol–water partition coefficient (Wildman–Crippen LogP) is 8.30. The van der Waals surface area contributed by atoms with Crippen LogP contribution in [-0.4, -0.2) is 14.1 Å². The maximum absolute atomic E-state index is 5.15. The van der Waals surface area contributed by atoms with Crippen LogP contribution in [0.5, 0.6) is 0 Å². The van der Waals surface area contributed by atoms with Gasteiger partial charge in [0, 0.05) is 34.3 Å². The molecule has 0 aliphatic carbocycles. The van der Waals surface area contributed by atoms with Crippen LogP contribution in [0.3, 0.4) is 0 Å². The molecule has 0 spiro atoms. The lowest BCUT2D eigenvalue weighted by Gasteiger charge is -2.09. The summed E-state index contributed by atoms with van der Waals surface area (Å²) < 4.78 is 4.40. The highest BCUT2D eigenvalue weighted by molar-refractivity contribution is 5.98. The molecule has 3 heteroatoms. The smallest absolute Gasteiger partial charge is 0.139 e. The fourth-order valence-corrected chi connectivity index (χ4v) is 5.11. The van der Waals surface area contributed by atoms with E-state index in [1.54, 1.807) is 0 Å². The lowest BCUT2D eigenvalue weighted by Crippen LogP contribution is -2.01. The van der Waals surface area contributed by atoms with E-state index in [2.05, 4.69) is 149 Å². The molecular weight excluding hydrogens is 438 g/mol. The van der Waals surface area contributed by atoms with Crippen molar-refractivity contribution in [2.45, 2.75) is 0 Å². The second-order valence-electron chi connectivity index (χ2n) is 8.95. The van der Waals surface area contributed by atoms with Crippen LogP contribution in [0.25, 0.3) is 55.7 Å². The number of pyridine rings is 1. The van der Waals surface area contributed by atoms with Crippen LogP contribution in [0.4, 0.5) is 0 Å². The van der Waals surface area contributed by atoms with Crippen LogP contribution < -0.4 is 0 Å². The maximum atomic E-state index is 5.15. The van der Waals surface area contributed by atoms with Crippen molar-refractivity contribution in [3.8, 4) is 33.9 Å². The number of rotatable bonds is 4. The highest BCUT2D eigenvalue weighted by atomic mass is 15.1. The fourth-order valence-electron chi connectivity index (χ4n) is 5.11. The Morgan fingerprint density at radius 1 is 0.389 bits per heavy atom. The third kappa shape index (κ3) is 3.33. The summed E-state index contributed by atoms with van der Waals surface area (Å²) in [5, 5.41) is 2.43. The maximum Gasteiger partial charge on any atom is 0.139 e. The highest BCUT2D eigenvalue weighted by Gasteiger charge is 2.15. The summed E-state index contributed by atoms with van der Waals surface area (Å²) in [5.74, 6) is 1.79. The summed E-state index contributed by atoms with van der Waals surface area (Å²) in [6, 6.07) is 44.4. The molecule has 0 radical (unpaired) electrons. The molecule has 36 heavy (non-hydrogen) atoms. The number of fused-ring (bicyclic) bond motifs is 2. The molecule has 3 heterocycles. The minimum Gasteiger partial charge on any atom is -0.301 e. The Morgan fingerprint density at radius 3 is 1.28 bits per heavy atom. The number of hydrogen-bond acceptors (Lipinski definition) is 1. The Hall–Kier alpha value is -4.89. The van der Waals surface area contributed by atoms with E-state index in [9.17, 15) is 0 Å². The SMILES string of the molecule is c1ccc(-c2cn(-c3cccc(-n4cc(-c5ccccc5)c5ccccc54)n3)c3ccccc23)cc1. The topological polar surface area (TPSA) is 22.8 Å². The summed E-state index contributed by atoms with van der Waals surface area (Å²) in [4.78, 5) is 5.15. The van der Waals surface area contributed by atoms with Crippen molar-refractivity contribution in [3.05, 3.63) is 140 Å². The van der Waals surface area contributed by atoms with Crippen molar-refractivity contribution in [3.63, 3.8) is 0 Å². The van der Waals surface area contributed by atoms with E-state index in [4.69, 9.17) is 4.98 Å². The van der Waals surface area contributed by atoms with Crippen LogP contribution >= 0.6 is 0 Å². The monoisotopic (exact) mass is 461 g/mol. The second-order valence-corrected chi connectivity index (χ2v) is 8.95. The molecule has 4 aromatic carbocycles. The van der Waals surface area contributed by atoms with Gasteiger partial charge in [-0.1, -0.05) is 103 Å². The van der Waals surface area contributed by atoms with E-state index in [1.165, 1.54) is 33.0 Å². The second kappa shape index (κ2) is 8.40. The van der Waals surface area contributed by atoms with Crippen LogP contribution in [0.2, 0.25) is 0 Å². The van der Waals surface area contributed by atoms with Crippen LogP contribution in [0.15, 0.2) is 140 Å². The molecule has 7 aromatic rings. The summed E-state index contributed by atoms with van der Waals surface area (Å²) >= 11 is 0. The molecule has 0 aliphatic rings. The minimum atomic E-state index is 0.893. The normalized spacial score (nSPS) is 11.3. The Bertz CT molecular complexity index is 1690. The zero-order chi connectivity index (χ0) is 23.9. The number of para-hydroxylation sites is 2. The van der Waals surface area contributed by atoms with E-state index in [0.29, 0.717) is 0 Å². The largest absolute Gasteiger partial charge is 0.301 e. The molecular formula is C33H23N3. The Balaban J connectivity index is 1.41. The molecule has 0 N–H and O–H groups in total. The van der Waals surface area contributed by atoms with Gasteiger partial charge in [0.25, 0.3) is 0 Å². The summed E-state index contributed by atoms with van der Waals surface area (Å²) in [5.41, 5.74) is 7.10. The van der Waals surface area contributed by atoms with Gasteiger partial charge >= 0.3 is 0 Å². The third-order valence-electron chi connectivity index (χ3n) is 6.81. The molecule has 3 aromatic heterocycles. The average Bonchev–Trinajstić information content (AvgIpc) is 3.54. The Labute approximate surface area is 209 Å². The summed E-state index contributed by atoms with van der Waals surface area (Å²) in [7, 11) is 0. The predicted molar refractivity (Wildman–Crippen MR) is 149 cm³/mol. The molecule has 0 fully saturated rings. The lowest BCUT2D eigenvalue weighted by molar-refractivity contribution is 0.980. The minimum absolute atomic E-state index is 0.893. The van der Waals surface area contributed by atoms with Crippen molar-refractivity contribution >= 4 is 21.8 Å². The average molecular weight is 462 g/mol. The van der Waals surface area contributed by atoms with Gasteiger partial charge < -0.3 is 9.13 Å². The molecule has 0 saturated carbocycles. The molecule has 0 bridgehead atoms. The van der Waals surface area contributed by atoms with Gasteiger partial charge in [-0.2, -0.15) is 0 Å². The van der Waals surface area contributed by atoms with Gasteiger partial charge in [-0.25, -0.2) is 4.98 Å². The van der Waals surface area contributed by atoms with Crippen LogP contribution in [0.1, 0.15) is 0 Å². The molecule has 0 amide bonds. The molecule has 7 rings (SSSR count). The molecule has 0 aliphatic heterocycles. The van der Waals surface area contributed by atoms with Gasteiger partial charge in [0.15, 0.2) is 0 Å². The molecule has 0 saturated heterocycles. The number of benzene rings is 4. The van der Waals surface area contributed by atoms with E-state index in [-0.39, 0.29) is 0 Å². The van der Waals surface area contributed by atoms with Gasteiger partial charge in [0.2, 0.25) is 0 Å². The zero-order valence-electron chi connectivity index (χ0n) is 19.6. The molecule has 0 atom stereocenters. The van der Waals surface area contributed by atoms with Crippen molar-refractivity contribution in [1.29, 1.82) is 0 Å². The first kappa shape index (κ1) is 20.5. The fraction of sp³-hybridized carbons (Fsp3) is 0. The molecule has 170 valence electrons. The third-order valence-corrected chi connectivity index (χ3v) is 6.81. The summed E-state index contributed by atoms with van der Waals surface area (Å²) in [6.07, 6.45) is 4.41. The van der Waals surface area contributed by atoms with E-state index in [1.807, 2.05) is 0 Å².